The van der Waals surface area contributed by atoms with Crippen molar-refractivity contribution in [3.05, 3.63) is 35.6 Å². The van der Waals surface area contributed by atoms with Crippen LogP contribution in [-0.4, -0.2) is 31.5 Å². The van der Waals surface area contributed by atoms with Crippen LogP contribution in [0.1, 0.15) is 10.4 Å². The van der Waals surface area contributed by atoms with Gasteiger partial charge in [0.1, 0.15) is 11.9 Å². The van der Waals surface area contributed by atoms with Gasteiger partial charge >= 0.3 is 0 Å². The van der Waals surface area contributed by atoms with E-state index >= 15 is 0 Å². The van der Waals surface area contributed by atoms with E-state index in [2.05, 4.69) is 10.6 Å². The van der Waals surface area contributed by atoms with Crippen LogP contribution in [-0.2, 0) is 0 Å². The Labute approximate surface area is 87.7 Å². The standard InChI is InChI=1S/C11H12FN2O/c12-9-4-2-1-3-8(9)11(15)10-7-13-5-6-14-10/h1-4,10,13H,5-7H2. The van der Waals surface area contributed by atoms with E-state index in [-0.39, 0.29) is 11.3 Å². The van der Waals surface area contributed by atoms with Crippen LogP contribution in [0.25, 0.3) is 0 Å². The zero-order valence-corrected chi connectivity index (χ0v) is 8.24. The molecular formula is C11H12FN2O. The lowest BCUT2D eigenvalue weighted by Crippen LogP contribution is -2.48. The van der Waals surface area contributed by atoms with Gasteiger partial charge in [0.05, 0.1) is 5.56 Å². The van der Waals surface area contributed by atoms with Crippen LogP contribution in [0.5, 0.6) is 0 Å². The van der Waals surface area contributed by atoms with Crippen LogP contribution in [0.15, 0.2) is 24.3 Å². The van der Waals surface area contributed by atoms with Gasteiger partial charge in [0, 0.05) is 19.6 Å². The summed E-state index contributed by atoms with van der Waals surface area (Å²) in [5, 5.41) is 7.24. The molecule has 1 aromatic carbocycles. The summed E-state index contributed by atoms with van der Waals surface area (Å²) in [5.41, 5.74) is 0.134. The van der Waals surface area contributed by atoms with E-state index in [9.17, 15) is 9.18 Å². The fourth-order valence-corrected chi connectivity index (χ4v) is 1.62. The summed E-state index contributed by atoms with van der Waals surface area (Å²) in [7, 11) is 0. The number of Topliss-reactive ketones (excluding diaryl/α,β-unsaturated/α-hetero) is 1. The molecule has 1 atom stereocenters. The molecule has 0 bridgehead atoms. The van der Waals surface area contributed by atoms with Gasteiger partial charge in [0.15, 0.2) is 5.78 Å². The van der Waals surface area contributed by atoms with Crippen LogP contribution in [0, 0.1) is 5.82 Å². The molecule has 0 amide bonds. The maximum absolute atomic E-state index is 13.3. The first kappa shape index (κ1) is 10.3. The van der Waals surface area contributed by atoms with Crippen molar-refractivity contribution in [2.24, 2.45) is 0 Å². The van der Waals surface area contributed by atoms with Crippen LogP contribution in [0.4, 0.5) is 4.39 Å². The highest BCUT2D eigenvalue weighted by Gasteiger charge is 2.24. The van der Waals surface area contributed by atoms with Crippen LogP contribution in [0.2, 0.25) is 0 Å². The Morgan fingerprint density at radius 2 is 2.27 bits per heavy atom. The van der Waals surface area contributed by atoms with Crippen molar-refractivity contribution in [3.63, 3.8) is 0 Å². The molecule has 1 radical (unpaired) electrons. The number of halogens is 1. The molecule has 1 aromatic rings. The average molecular weight is 207 g/mol. The van der Waals surface area contributed by atoms with Crippen molar-refractivity contribution in [3.8, 4) is 0 Å². The Hall–Kier alpha value is -1.26. The maximum Gasteiger partial charge on any atom is 0.185 e. The molecule has 1 N–H and O–H groups in total. The van der Waals surface area contributed by atoms with Crippen molar-refractivity contribution in [1.29, 1.82) is 0 Å². The first-order valence-corrected chi connectivity index (χ1v) is 4.95. The monoisotopic (exact) mass is 207 g/mol. The largest absolute Gasteiger partial charge is 0.313 e. The van der Waals surface area contributed by atoms with E-state index in [1.807, 2.05) is 0 Å². The second-order valence-corrected chi connectivity index (χ2v) is 3.47. The number of rotatable bonds is 2. The average Bonchev–Trinajstić information content (AvgIpc) is 2.30. The van der Waals surface area contributed by atoms with E-state index in [0.29, 0.717) is 13.1 Å². The predicted octanol–water partition coefficient (Wildman–Crippen LogP) is 0.585. The molecule has 79 valence electrons. The van der Waals surface area contributed by atoms with Gasteiger partial charge in [0.2, 0.25) is 0 Å². The van der Waals surface area contributed by atoms with E-state index in [1.165, 1.54) is 12.1 Å². The van der Waals surface area contributed by atoms with E-state index < -0.39 is 11.9 Å². The molecule has 1 aliphatic heterocycles. The normalized spacial score (nSPS) is 21.3. The Morgan fingerprint density at radius 1 is 1.47 bits per heavy atom. The predicted molar refractivity (Wildman–Crippen MR) is 54.4 cm³/mol. The van der Waals surface area contributed by atoms with Gasteiger partial charge in [-0.15, -0.1) is 0 Å². The van der Waals surface area contributed by atoms with Crippen molar-refractivity contribution in [2.75, 3.05) is 19.6 Å². The van der Waals surface area contributed by atoms with Crippen molar-refractivity contribution < 1.29 is 9.18 Å². The molecule has 1 heterocycles. The molecule has 1 aliphatic rings. The molecular weight excluding hydrogens is 195 g/mol. The van der Waals surface area contributed by atoms with Gasteiger partial charge < -0.3 is 5.32 Å². The number of ketones is 1. The highest BCUT2D eigenvalue weighted by atomic mass is 19.1. The number of hydrogen-bond donors (Lipinski definition) is 1. The molecule has 0 aliphatic carbocycles. The Kier molecular flexibility index (Phi) is 3.08. The first-order chi connectivity index (χ1) is 7.29. The van der Waals surface area contributed by atoms with Gasteiger partial charge in [-0.3, -0.25) is 4.79 Å². The van der Waals surface area contributed by atoms with Gasteiger partial charge in [-0.1, -0.05) is 12.1 Å². The summed E-state index contributed by atoms with van der Waals surface area (Å²) in [6.07, 6.45) is 0. The molecule has 0 saturated carbocycles. The number of benzene rings is 1. The first-order valence-electron chi connectivity index (χ1n) is 4.95. The molecule has 0 aromatic heterocycles. The summed E-state index contributed by atoms with van der Waals surface area (Å²) in [5.74, 6) is -0.705. The zero-order valence-electron chi connectivity index (χ0n) is 8.24. The number of nitrogens with zero attached hydrogens (tertiary/aromatic N) is 1. The lowest BCUT2D eigenvalue weighted by atomic mass is 10.0. The fraction of sp³-hybridized carbons (Fsp3) is 0.364. The highest BCUT2D eigenvalue weighted by molar-refractivity contribution is 6.00. The molecule has 4 heteroatoms. The molecule has 2 rings (SSSR count). The van der Waals surface area contributed by atoms with Crippen LogP contribution >= 0.6 is 0 Å². The molecule has 1 saturated heterocycles. The Morgan fingerprint density at radius 3 is 2.93 bits per heavy atom. The fourth-order valence-electron chi connectivity index (χ4n) is 1.62. The summed E-state index contributed by atoms with van der Waals surface area (Å²) in [4.78, 5) is 11.8. The van der Waals surface area contributed by atoms with Gasteiger partial charge in [-0.25, -0.2) is 9.71 Å². The second kappa shape index (κ2) is 4.51. The minimum absolute atomic E-state index is 0.134. The Balaban J connectivity index is 2.16. The Bertz CT molecular complexity index is 361. The number of hydrogen-bond acceptors (Lipinski definition) is 2. The third kappa shape index (κ3) is 2.22. The van der Waals surface area contributed by atoms with Gasteiger partial charge in [0.25, 0.3) is 0 Å². The van der Waals surface area contributed by atoms with Gasteiger partial charge in [-0.2, -0.15) is 0 Å². The lowest BCUT2D eigenvalue weighted by molar-refractivity contribution is 0.0928. The summed E-state index contributed by atoms with van der Waals surface area (Å²) in [6.45, 7) is 1.92. The van der Waals surface area contributed by atoms with Crippen LogP contribution < -0.4 is 10.6 Å². The SMILES string of the molecule is O=C(c1ccccc1F)C1CNCC[N]1. The summed E-state index contributed by atoms with van der Waals surface area (Å²) >= 11 is 0. The molecule has 1 unspecified atom stereocenters. The van der Waals surface area contributed by atoms with Gasteiger partial charge in [-0.05, 0) is 12.1 Å². The minimum atomic E-state index is -0.469. The third-order valence-corrected chi connectivity index (χ3v) is 2.42. The van der Waals surface area contributed by atoms with E-state index in [1.54, 1.807) is 12.1 Å². The lowest BCUT2D eigenvalue weighted by Gasteiger charge is -2.21. The van der Waals surface area contributed by atoms with E-state index in [0.717, 1.165) is 6.54 Å². The van der Waals surface area contributed by atoms with Crippen molar-refractivity contribution >= 4 is 5.78 Å². The number of piperazine rings is 1. The maximum atomic E-state index is 13.3. The second-order valence-electron chi connectivity index (χ2n) is 3.47. The number of carbonyl (C=O) groups is 1. The topological polar surface area (TPSA) is 43.2 Å². The molecule has 15 heavy (non-hydrogen) atoms. The quantitative estimate of drug-likeness (QED) is 0.721. The molecule has 1 fully saturated rings. The smallest absolute Gasteiger partial charge is 0.185 e. The van der Waals surface area contributed by atoms with Crippen LogP contribution in [0.3, 0.4) is 0 Å². The molecule has 0 spiro atoms. The van der Waals surface area contributed by atoms with E-state index in [4.69, 9.17) is 0 Å². The minimum Gasteiger partial charge on any atom is -0.313 e. The zero-order chi connectivity index (χ0) is 10.7. The highest BCUT2D eigenvalue weighted by Crippen LogP contribution is 2.10. The number of carbonyl (C=O) groups excluding carboxylic acids is 1. The summed E-state index contributed by atoms with van der Waals surface area (Å²) < 4.78 is 13.3. The molecule has 3 nitrogen and oxygen atoms in total. The number of nitrogens with one attached hydrogen (secondary N) is 1. The summed E-state index contributed by atoms with van der Waals surface area (Å²) in [6, 6.07) is 5.59. The third-order valence-electron chi connectivity index (χ3n) is 2.42. The van der Waals surface area contributed by atoms with Crippen molar-refractivity contribution in [2.45, 2.75) is 6.04 Å². The van der Waals surface area contributed by atoms with Crippen molar-refractivity contribution in [1.82, 2.24) is 10.6 Å².